The number of halogens is 1. The van der Waals surface area contributed by atoms with E-state index in [1.807, 2.05) is 68.7 Å². The normalized spacial score (nSPS) is 19.5. The second kappa shape index (κ2) is 11.2. The predicted molar refractivity (Wildman–Crippen MR) is 153 cm³/mol. The van der Waals surface area contributed by atoms with Gasteiger partial charge in [-0.15, -0.1) is 11.3 Å². The lowest BCUT2D eigenvalue weighted by atomic mass is 10.0. The van der Waals surface area contributed by atoms with Crippen LogP contribution < -0.4 is 5.32 Å². The summed E-state index contributed by atoms with van der Waals surface area (Å²) in [6.07, 6.45) is -0.647. The van der Waals surface area contributed by atoms with Gasteiger partial charge < -0.3 is 20.2 Å². The number of nitrogens with zero attached hydrogens (tertiary/aromatic N) is 3. The molecular weight excluding hydrogens is 580 g/mol. The topological polar surface area (TPSA) is 103 Å². The SMILES string of the molecule is Cc1ncsc1-c1ccc(CNC(=O)[C@@H]2C[C@@H](O)CN2C(=O)C(C(C)C)N2Cc3cccc(Br)c3C2=O)cc1. The summed E-state index contributed by atoms with van der Waals surface area (Å²) in [5.74, 6) is -1.02. The monoisotopic (exact) mass is 610 g/mol. The maximum absolute atomic E-state index is 13.9. The van der Waals surface area contributed by atoms with E-state index in [9.17, 15) is 19.5 Å². The predicted octanol–water partition coefficient (Wildman–Crippen LogP) is 4.14. The number of thiazole rings is 1. The van der Waals surface area contributed by atoms with Crippen LogP contribution in [0.5, 0.6) is 0 Å². The summed E-state index contributed by atoms with van der Waals surface area (Å²) >= 11 is 5.05. The lowest BCUT2D eigenvalue weighted by Crippen LogP contribution is -2.55. The summed E-state index contributed by atoms with van der Waals surface area (Å²) in [5.41, 5.74) is 6.24. The fourth-order valence-corrected chi connectivity index (χ4v) is 6.87. The Bertz CT molecular complexity index is 1410. The quantitative estimate of drug-likeness (QED) is 0.418. The second-order valence-corrected chi connectivity index (χ2v) is 12.2. The molecule has 3 amide bonds. The van der Waals surface area contributed by atoms with Crippen LogP contribution in [0.2, 0.25) is 0 Å². The van der Waals surface area contributed by atoms with E-state index in [1.54, 1.807) is 16.2 Å². The van der Waals surface area contributed by atoms with Crippen molar-refractivity contribution in [1.82, 2.24) is 20.1 Å². The largest absolute Gasteiger partial charge is 0.391 e. The molecule has 2 aliphatic heterocycles. The van der Waals surface area contributed by atoms with Crippen molar-refractivity contribution < 1.29 is 19.5 Å². The van der Waals surface area contributed by atoms with Crippen LogP contribution in [-0.4, -0.2) is 62.3 Å². The number of hydrogen-bond acceptors (Lipinski definition) is 6. The van der Waals surface area contributed by atoms with Crippen LogP contribution >= 0.6 is 27.3 Å². The van der Waals surface area contributed by atoms with E-state index >= 15 is 0 Å². The Hall–Kier alpha value is -3.08. The van der Waals surface area contributed by atoms with E-state index in [0.29, 0.717) is 23.1 Å². The van der Waals surface area contributed by atoms with Crippen molar-refractivity contribution in [3.8, 4) is 10.4 Å². The van der Waals surface area contributed by atoms with E-state index in [0.717, 1.165) is 27.3 Å². The summed E-state index contributed by atoms with van der Waals surface area (Å²) in [7, 11) is 0. The first-order chi connectivity index (χ1) is 18.7. The fourth-order valence-electron chi connectivity index (χ4n) is 5.48. The van der Waals surface area contributed by atoms with Crippen molar-refractivity contribution in [3.05, 3.63) is 74.8 Å². The van der Waals surface area contributed by atoms with Crippen LogP contribution in [0.3, 0.4) is 0 Å². The van der Waals surface area contributed by atoms with E-state index in [4.69, 9.17) is 0 Å². The molecule has 204 valence electrons. The van der Waals surface area contributed by atoms with Crippen LogP contribution in [0.15, 0.2) is 52.4 Å². The Morgan fingerprint density at radius 3 is 2.59 bits per heavy atom. The summed E-state index contributed by atoms with van der Waals surface area (Å²) < 4.78 is 0.700. The molecule has 0 spiro atoms. The number of fused-ring (bicyclic) bond motifs is 1. The number of β-amino-alcohol motifs (C(OH)–C–C–N with tert-alkyl or cyclic N) is 1. The standard InChI is InChI=1S/C29H31BrN4O4S/c1-16(2)25(34-13-20-5-4-6-22(30)24(20)28(34)37)29(38)33-14-21(35)11-23(33)27(36)31-12-18-7-9-19(10-8-18)26-17(3)32-15-39-26/h4-10,15-16,21,23,25,35H,11-14H2,1-3H3,(H,31,36)/t21-,23+,25?/m1/s1. The Morgan fingerprint density at radius 1 is 1.21 bits per heavy atom. The van der Waals surface area contributed by atoms with Crippen molar-refractivity contribution in [1.29, 1.82) is 0 Å². The Labute approximate surface area is 240 Å². The van der Waals surface area contributed by atoms with E-state index in [-0.39, 0.29) is 36.6 Å². The highest BCUT2D eigenvalue weighted by molar-refractivity contribution is 9.10. The van der Waals surface area contributed by atoms with Crippen LogP contribution in [0.1, 0.15) is 47.4 Å². The summed E-state index contributed by atoms with van der Waals surface area (Å²) in [6, 6.07) is 12.0. The number of aryl methyl sites for hydroxylation is 1. The van der Waals surface area contributed by atoms with Crippen LogP contribution in [0.4, 0.5) is 0 Å². The molecule has 2 N–H and O–H groups in total. The average Bonchev–Trinajstić information content (AvgIpc) is 3.60. The number of rotatable bonds is 7. The van der Waals surface area contributed by atoms with Gasteiger partial charge >= 0.3 is 0 Å². The Kier molecular flexibility index (Phi) is 7.89. The molecule has 8 nitrogen and oxygen atoms in total. The van der Waals surface area contributed by atoms with Gasteiger partial charge in [0.1, 0.15) is 12.1 Å². The molecule has 1 fully saturated rings. The van der Waals surface area contributed by atoms with Crippen molar-refractivity contribution in [2.45, 2.75) is 58.5 Å². The molecule has 3 atom stereocenters. The van der Waals surface area contributed by atoms with Gasteiger partial charge in [0.05, 0.1) is 27.7 Å². The van der Waals surface area contributed by atoms with Gasteiger partial charge in [0, 0.05) is 30.5 Å². The molecule has 0 aliphatic carbocycles. The zero-order chi connectivity index (χ0) is 27.8. The number of amides is 3. The fraction of sp³-hybridized carbons (Fsp3) is 0.379. The highest BCUT2D eigenvalue weighted by Gasteiger charge is 2.46. The molecule has 0 bridgehead atoms. The van der Waals surface area contributed by atoms with Gasteiger partial charge in [-0.1, -0.05) is 50.2 Å². The second-order valence-electron chi connectivity index (χ2n) is 10.5. The first kappa shape index (κ1) is 27.5. The molecule has 10 heteroatoms. The first-order valence-corrected chi connectivity index (χ1v) is 14.7. The van der Waals surface area contributed by atoms with E-state index < -0.39 is 18.2 Å². The van der Waals surface area contributed by atoms with Crippen molar-refractivity contribution in [3.63, 3.8) is 0 Å². The average molecular weight is 612 g/mol. The Morgan fingerprint density at radius 2 is 1.95 bits per heavy atom. The van der Waals surface area contributed by atoms with Crippen LogP contribution in [0, 0.1) is 12.8 Å². The minimum atomic E-state index is -0.806. The highest BCUT2D eigenvalue weighted by atomic mass is 79.9. The third-order valence-electron chi connectivity index (χ3n) is 7.43. The third kappa shape index (κ3) is 5.37. The number of carbonyl (C=O) groups excluding carboxylic acids is 3. The molecule has 3 heterocycles. The minimum absolute atomic E-state index is 0.0573. The molecule has 3 aromatic rings. The van der Waals surface area contributed by atoms with Crippen molar-refractivity contribution in [2.75, 3.05) is 6.54 Å². The molecule has 1 aromatic heterocycles. The molecule has 2 aliphatic rings. The zero-order valence-electron chi connectivity index (χ0n) is 22.1. The first-order valence-electron chi connectivity index (χ1n) is 13.0. The number of likely N-dealkylation sites (tertiary alicyclic amines) is 1. The van der Waals surface area contributed by atoms with Gasteiger partial charge in [0.2, 0.25) is 11.8 Å². The van der Waals surface area contributed by atoms with Gasteiger partial charge in [-0.3, -0.25) is 14.4 Å². The Balaban J connectivity index is 1.28. The number of aliphatic hydroxyl groups excluding tert-OH is 1. The maximum Gasteiger partial charge on any atom is 0.256 e. The maximum atomic E-state index is 13.9. The van der Waals surface area contributed by atoms with Crippen molar-refractivity contribution >= 4 is 45.0 Å². The molecular formula is C29H31BrN4O4S. The van der Waals surface area contributed by atoms with Gasteiger partial charge in [0.15, 0.2) is 0 Å². The number of benzene rings is 2. The lowest BCUT2D eigenvalue weighted by Gasteiger charge is -2.35. The number of carbonyl (C=O) groups is 3. The van der Waals surface area contributed by atoms with Crippen LogP contribution in [0.25, 0.3) is 10.4 Å². The summed E-state index contributed by atoms with van der Waals surface area (Å²) in [6.45, 7) is 6.45. The number of aliphatic hydroxyl groups is 1. The molecule has 0 saturated carbocycles. The molecule has 1 saturated heterocycles. The number of nitrogens with one attached hydrogen (secondary N) is 1. The number of aromatic nitrogens is 1. The third-order valence-corrected chi connectivity index (χ3v) is 9.07. The molecule has 1 unspecified atom stereocenters. The van der Waals surface area contributed by atoms with E-state index in [1.165, 1.54) is 4.90 Å². The molecule has 39 heavy (non-hydrogen) atoms. The van der Waals surface area contributed by atoms with Gasteiger partial charge in [0.25, 0.3) is 5.91 Å². The zero-order valence-corrected chi connectivity index (χ0v) is 24.5. The highest BCUT2D eigenvalue weighted by Crippen LogP contribution is 2.34. The van der Waals surface area contributed by atoms with Gasteiger partial charge in [-0.25, -0.2) is 4.98 Å². The van der Waals surface area contributed by atoms with Crippen molar-refractivity contribution in [2.24, 2.45) is 5.92 Å². The lowest BCUT2D eigenvalue weighted by molar-refractivity contribution is -0.143. The number of hydrogen-bond donors (Lipinski definition) is 2. The summed E-state index contributed by atoms with van der Waals surface area (Å²) in [5, 5.41) is 13.4. The van der Waals surface area contributed by atoms with Gasteiger partial charge in [-0.05, 0) is 51.5 Å². The minimum Gasteiger partial charge on any atom is -0.391 e. The molecule has 0 radical (unpaired) electrons. The molecule has 2 aromatic carbocycles. The van der Waals surface area contributed by atoms with E-state index in [2.05, 4.69) is 26.2 Å². The summed E-state index contributed by atoms with van der Waals surface area (Å²) in [4.78, 5) is 49.0. The molecule has 5 rings (SSSR count). The van der Waals surface area contributed by atoms with Gasteiger partial charge in [-0.2, -0.15) is 0 Å². The van der Waals surface area contributed by atoms with Crippen LogP contribution in [-0.2, 0) is 22.7 Å². The smallest absolute Gasteiger partial charge is 0.256 e.